The summed E-state index contributed by atoms with van der Waals surface area (Å²) in [7, 11) is 0. The van der Waals surface area contributed by atoms with Crippen LogP contribution >= 0.6 is 0 Å². The van der Waals surface area contributed by atoms with Crippen molar-refractivity contribution < 1.29 is 27.5 Å². The Morgan fingerprint density at radius 2 is 1.84 bits per heavy atom. The van der Waals surface area contributed by atoms with E-state index in [1.807, 2.05) is 6.92 Å². The van der Waals surface area contributed by atoms with Gasteiger partial charge in [0, 0.05) is 45.0 Å². The van der Waals surface area contributed by atoms with Gasteiger partial charge in [-0.1, -0.05) is 0 Å². The lowest BCUT2D eigenvalue weighted by molar-refractivity contribution is -0.154. The van der Waals surface area contributed by atoms with Gasteiger partial charge in [-0.05, 0) is 13.0 Å². The van der Waals surface area contributed by atoms with Gasteiger partial charge in [0.15, 0.2) is 6.61 Å². The van der Waals surface area contributed by atoms with Crippen LogP contribution in [0.4, 0.5) is 18.0 Å². The molecule has 1 aromatic rings. The zero-order valence-electron chi connectivity index (χ0n) is 13.7. The molecule has 0 bridgehead atoms. The Morgan fingerprint density at radius 1 is 1.20 bits per heavy atom. The minimum absolute atomic E-state index is 0.164. The average Bonchev–Trinajstić information content (AvgIpc) is 2.59. The number of carbonyl (C=O) groups excluding carboxylic acids is 2. The van der Waals surface area contributed by atoms with Gasteiger partial charge in [0.1, 0.15) is 0 Å². The molecule has 138 valence electrons. The Morgan fingerprint density at radius 3 is 2.36 bits per heavy atom. The number of hydrogen-bond acceptors (Lipinski definition) is 4. The molecule has 0 aromatic carbocycles. The Bertz CT molecular complexity index is 599. The van der Waals surface area contributed by atoms with E-state index in [0.29, 0.717) is 32.7 Å². The minimum Gasteiger partial charge on any atom is -0.468 e. The van der Waals surface area contributed by atoms with Crippen molar-refractivity contribution in [3.63, 3.8) is 0 Å². The van der Waals surface area contributed by atoms with Crippen LogP contribution in [0.5, 0.6) is 5.88 Å². The molecule has 0 radical (unpaired) electrons. The minimum atomic E-state index is -4.44. The van der Waals surface area contributed by atoms with Crippen LogP contribution in [-0.2, 0) is 0 Å². The second-order valence-corrected chi connectivity index (χ2v) is 5.40. The SMILES string of the molecule is CCNC(=O)N1CCN(C(=O)c2ccc(OCC(F)(F)F)nc2)CC1. The van der Waals surface area contributed by atoms with Crippen LogP contribution in [0.2, 0.25) is 0 Å². The summed E-state index contributed by atoms with van der Waals surface area (Å²) in [4.78, 5) is 31.0. The lowest BCUT2D eigenvalue weighted by Gasteiger charge is -2.34. The first-order valence-corrected chi connectivity index (χ1v) is 7.78. The van der Waals surface area contributed by atoms with Gasteiger partial charge < -0.3 is 19.9 Å². The summed E-state index contributed by atoms with van der Waals surface area (Å²) < 4.78 is 40.7. The zero-order valence-corrected chi connectivity index (χ0v) is 13.7. The van der Waals surface area contributed by atoms with Crippen LogP contribution < -0.4 is 10.1 Å². The fourth-order valence-corrected chi connectivity index (χ4v) is 2.31. The number of hydrogen-bond donors (Lipinski definition) is 1. The number of aromatic nitrogens is 1. The molecule has 1 saturated heterocycles. The molecular weight excluding hydrogens is 341 g/mol. The third-order valence-corrected chi connectivity index (χ3v) is 3.55. The molecular formula is C15H19F3N4O3. The van der Waals surface area contributed by atoms with E-state index in [0.717, 1.165) is 0 Å². The molecule has 1 aliphatic rings. The van der Waals surface area contributed by atoms with E-state index >= 15 is 0 Å². The summed E-state index contributed by atoms with van der Waals surface area (Å²) in [5.74, 6) is -0.486. The Kier molecular flexibility index (Phi) is 6.05. The molecule has 2 heterocycles. The van der Waals surface area contributed by atoms with Gasteiger partial charge in [-0.15, -0.1) is 0 Å². The highest BCUT2D eigenvalue weighted by molar-refractivity contribution is 5.94. The molecule has 0 saturated carbocycles. The maximum atomic E-state index is 12.4. The number of pyridine rings is 1. The lowest BCUT2D eigenvalue weighted by Crippen LogP contribution is -2.53. The number of alkyl halides is 3. The van der Waals surface area contributed by atoms with E-state index in [1.54, 1.807) is 9.80 Å². The van der Waals surface area contributed by atoms with Crippen LogP contribution in [0.3, 0.4) is 0 Å². The maximum Gasteiger partial charge on any atom is 0.422 e. The molecule has 0 unspecified atom stereocenters. The van der Waals surface area contributed by atoms with Crippen molar-refractivity contribution in [3.8, 4) is 5.88 Å². The van der Waals surface area contributed by atoms with Gasteiger partial charge in [-0.25, -0.2) is 9.78 Å². The second kappa shape index (κ2) is 8.04. The highest BCUT2D eigenvalue weighted by Crippen LogP contribution is 2.17. The number of rotatable bonds is 4. The first-order valence-electron chi connectivity index (χ1n) is 7.78. The first kappa shape index (κ1) is 18.8. The maximum absolute atomic E-state index is 12.4. The van der Waals surface area contributed by atoms with Crippen molar-refractivity contribution in [1.82, 2.24) is 20.1 Å². The summed E-state index contributed by atoms with van der Waals surface area (Å²) in [6.07, 6.45) is -3.26. The molecule has 1 aliphatic heterocycles. The number of ether oxygens (including phenoxy) is 1. The van der Waals surface area contributed by atoms with E-state index in [-0.39, 0.29) is 23.4 Å². The molecule has 0 spiro atoms. The summed E-state index contributed by atoms with van der Waals surface area (Å²) in [6.45, 7) is 2.51. The van der Waals surface area contributed by atoms with E-state index in [1.165, 1.54) is 18.3 Å². The van der Waals surface area contributed by atoms with Gasteiger partial charge in [-0.3, -0.25) is 4.79 Å². The van der Waals surface area contributed by atoms with Crippen molar-refractivity contribution in [1.29, 1.82) is 0 Å². The van der Waals surface area contributed by atoms with Crippen molar-refractivity contribution in [2.45, 2.75) is 13.1 Å². The highest BCUT2D eigenvalue weighted by Gasteiger charge is 2.29. The average molecular weight is 360 g/mol. The molecule has 0 aliphatic carbocycles. The zero-order chi connectivity index (χ0) is 18.4. The molecule has 7 nitrogen and oxygen atoms in total. The molecule has 1 N–H and O–H groups in total. The van der Waals surface area contributed by atoms with Crippen molar-refractivity contribution in [2.75, 3.05) is 39.3 Å². The van der Waals surface area contributed by atoms with Gasteiger partial charge in [0.25, 0.3) is 5.91 Å². The molecule has 2 rings (SSSR count). The highest BCUT2D eigenvalue weighted by atomic mass is 19.4. The van der Waals surface area contributed by atoms with Crippen molar-refractivity contribution >= 4 is 11.9 Å². The molecule has 1 fully saturated rings. The number of halogens is 3. The molecule has 1 aromatic heterocycles. The predicted octanol–water partition coefficient (Wildman–Crippen LogP) is 1.51. The number of amides is 3. The van der Waals surface area contributed by atoms with Crippen molar-refractivity contribution in [3.05, 3.63) is 23.9 Å². The van der Waals surface area contributed by atoms with Gasteiger partial charge in [-0.2, -0.15) is 13.2 Å². The third-order valence-electron chi connectivity index (χ3n) is 3.55. The largest absolute Gasteiger partial charge is 0.468 e. The Balaban J connectivity index is 1.88. The quantitative estimate of drug-likeness (QED) is 0.883. The molecule has 0 atom stereocenters. The van der Waals surface area contributed by atoms with Gasteiger partial charge in [0.05, 0.1) is 5.56 Å². The number of carbonyl (C=O) groups is 2. The van der Waals surface area contributed by atoms with E-state index < -0.39 is 12.8 Å². The smallest absolute Gasteiger partial charge is 0.422 e. The predicted molar refractivity (Wildman–Crippen MR) is 82.3 cm³/mol. The Labute approximate surface area is 142 Å². The number of piperazine rings is 1. The lowest BCUT2D eigenvalue weighted by atomic mass is 10.2. The van der Waals surface area contributed by atoms with Gasteiger partial charge >= 0.3 is 12.2 Å². The third kappa shape index (κ3) is 5.50. The number of nitrogens with one attached hydrogen (secondary N) is 1. The van der Waals surface area contributed by atoms with Gasteiger partial charge in [0.2, 0.25) is 5.88 Å². The second-order valence-electron chi connectivity index (χ2n) is 5.40. The summed E-state index contributed by atoms with van der Waals surface area (Å²) in [6, 6.07) is 2.43. The van der Waals surface area contributed by atoms with Crippen LogP contribution in [0.1, 0.15) is 17.3 Å². The topological polar surface area (TPSA) is 74.8 Å². The first-order chi connectivity index (χ1) is 11.8. The fourth-order valence-electron chi connectivity index (χ4n) is 2.31. The Hall–Kier alpha value is -2.52. The summed E-state index contributed by atoms with van der Waals surface area (Å²) >= 11 is 0. The standard InChI is InChI=1S/C15H19F3N4O3/c1-2-19-14(24)22-7-5-21(6-8-22)13(23)11-3-4-12(20-9-11)25-10-15(16,17)18/h3-4,9H,2,5-8,10H2,1H3,(H,19,24). The molecule has 10 heteroatoms. The molecule has 3 amide bonds. The van der Waals surface area contributed by atoms with Crippen LogP contribution in [0.15, 0.2) is 18.3 Å². The monoisotopic (exact) mass is 360 g/mol. The van der Waals surface area contributed by atoms with E-state index in [4.69, 9.17) is 0 Å². The van der Waals surface area contributed by atoms with Crippen LogP contribution in [0.25, 0.3) is 0 Å². The van der Waals surface area contributed by atoms with E-state index in [2.05, 4.69) is 15.0 Å². The fraction of sp³-hybridized carbons (Fsp3) is 0.533. The van der Waals surface area contributed by atoms with Crippen LogP contribution in [0, 0.1) is 0 Å². The summed E-state index contributed by atoms with van der Waals surface area (Å²) in [5, 5.41) is 2.70. The van der Waals surface area contributed by atoms with Crippen molar-refractivity contribution in [2.24, 2.45) is 0 Å². The van der Waals surface area contributed by atoms with Crippen LogP contribution in [-0.4, -0.2) is 72.2 Å². The number of urea groups is 1. The summed E-state index contributed by atoms with van der Waals surface area (Å²) in [5.41, 5.74) is 0.255. The molecule has 25 heavy (non-hydrogen) atoms. The number of nitrogens with zero attached hydrogens (tertiary/aromatic N) is 3. The normalized spacial score (nSPS) is 15.0. The van der Waals surface area contributed by atoms with E-state index in [9.17, 15) is 22.8 Å².